The van der Waals surface area contributed by atoms with Crippen LogP contribution in [0.1, 0.15) is 18.9 Å². The van der Waals surface area contributed by atoms with Gasteiger partial charge in [0.2, 0.25) is 11.8 Å². The average molecular weight is 280 g/mol. The second-order valence-electron chi connectivity index (χ2n) is 4.38. The van der Waals surface area contributed by atoms with Crippen molar-refractivity contribution in [3.63, 3.8) is 0 Å². The largest absolute Gasteiger partial charge is 0.493 e. The molecule has 3 N–H and O–H groups in total. The van der Waals surface area contributed by atoms with E-state index in [9.17, 15) is 9.59 Å². The van der Waals surface area contributed by atoms with E-state index in [1.54, 1.807) is 27.2 Å². The fourth-order valence-corrected chi connectivity index (χ4v) is 1.68. The van der Waals surface area contributed by atoms with Crippen molar-refractivity contribution in [2.24, 2.45) is 5.73 Å². The molecule has 0 aliphatic rings. The molecule has 1 aromatic carbocycles. The molecule has 6 heteroatoms. The molecule has 0 heterocycles. The van der Waals surface area contributed by atoms with Gasteiger partial charge in [0.1, 0.15) is 6.04 Å². The zero-order chi connectivity index (χ0) is 15.1. The molecular formula is C14H20N2O4. The highest BCUT2D eigenvalue weighted by atomic mass is 16.5. The van der Waals surface area contributed by atoms with Crippen LogP contribution in [0.3, 0.4) is 0 Å². The number of hydrogen-bond acceptors (Lipinski definition) is 4. The summed E-state index contributed by atoms with van der Waals surface area (Å²) in [5.41, 5.74) is 6.03. The van der Waals surface area contributed by atoms with Crippen molar-refractivity contribution >= 4 is 11.8 Å². The molecule has 110 valence electrons. The topological polar surface area (TPSA) is 90.6 Å². The van der Waals surface area contributed by atoms with Crippen LogP contribution >= 0.6 is 0 Å². The molecule has 6 nitrogen and oxygen atoms in total. The standard InChI is InChI=1S/C14H20N2O4/c1-9(14(15)18)16-13(17)7-5-10-4-6-11(19-2)12(8-10)20-3/h4,6,8-9H,5,7H2,1-3H3,(H2,15,18)(H,16,17). The van der Waals surface area contributed by atoms with Crippen molar-refractivity contribution in [1.82, 2.24) is 5.32 Å². The van der Waals surface area contributed by atoms with Crippen LogP contribution in [0.4, 0.5) is 0 Å². The van der Waals surface area contributed by atoms with Crippen molar-refractivity contribution in [2.45, 2.75) is 25.8 Å². The molecule has 0 aliphatic carbocycles. The van der Waals surface area contributed by atoms with Crippen LogP contribution in [0.5, 0.6) is 11.5 Å². The maximum Gasteiger partial charge on any atom is 0.239 e. The lowest BCUT2D eigenvalue weighted by atomic mass is 10.1. The van der Waals surface area contributed by atoms with Crippen LogP contribution in [0, 0.1) is 0 Å². The number of benzene rings is 1. The summed E-state index contributed by atoms with van der Waals surface area (Å²) in [5.74, 6) is 0.495. The lowest BCUT2D eigenvalue weighted by Gasteiger charge is -2.11. The summed E-state index contributed by atoms with van der Waals surface area (Å²) < 4.78 is 10.3. The number of nitrogens with one attached hydrogen (secondary N) is 1. The highest BCUT2D eigenvalue weighted by Crippen LogP contribution is 2.27. The maximum atomic E-state index is 11.6. The van der Waals surface area contributed by atoms with Crippen molar-refractivity contribution in [2.75, 3.05) is 14.2 Å². The average Bonchev–Trinajstić information content (AvgIpc) is 2.44. The van der Waals surface area contributed by atoms with Gasteiger partial charge >= 0.3 is 0 Å². The summed E-state index contributed by atoms with van der Waals surface area (Å²) in [7, 11) is 3.12. The van der Waals surface area contributed by atoms with Gasteiger partial charge in [-0.1, -0.05) is 6.07 Å². The smallest absolute Gasteiger partial charge is 0.239 e. The SMILES string of the molecule is COc1ccc(CCC(=O)NC(C)C(N)=O)cc1OC. The summed E-state index contributed by atoms with van der Waals surface area (Å²) in [6.45, 7) is 1.55. The summed E-state index contributed by atoms with van der Waals surface area (Å²) in [4.78, 5) is 22.5. The third-order valence-electron chi connectivity index (χ3n) is 2.89. The van der Waals surface area contributed by atoms with E-state index in [4.69, 9.17) is 15.2 Å². The molecule has 1 aromatic rings. The van der Waals surface area contributed by atoms with Gasteiger partial charge in [0.05, 0.1) is 14.2 Å². The lowest BCUT2D eigenvalue weighted by molar-refractivity contribution is -0.126. The molecule has 0 radical (unpaired) electrons. The van der Waals surface area contributed by atoms with Gasteiger partial charge in [-0.25, -0.2) is 0 Å². The molecule has 0 bridgehead atoms. The Balaban J connectivity index is 2.57. The van der Waals surface area contributed by atoms with Crippen molar-refractivity contribution in [3.8, 4) is 11.5 Å². The first-order valence-electron chi connectivity index (χ1n) is 6.27. The maximum absolute atomic E-state index is 11.6. The Hall–Kier alpha value is -2.24. The van der Waals surface area contributed by atoms with E-state index in [0.717, 1.165) is 5.56 Å². The fourth-order valence-electron chi connectivity index (χ4n) is 1.68. The van der Waals surface area contributed by atoms with Crippen molar-refractivity contribution in [3.05, 3.63) is 23.8 Å². The van der Waals surface area contributed by atoms with Gasteiger partial charge < -0.3 is 20.5 Å². The lowest BCUT2D eigenvalue weighted by Crippen LogP contribution is -2.42. The van der Waals surface area contributed by atoms with E-state index in [2.05, 4.69) is 5.32 Å². The Morgan fingerprint density at radius 3 is 2.45 bits per heavy atom. The number of amides is 2. The Bertz CT molecular complexity index is 488. The molecule has 2 amide bonds. The van der Waals surface area contributed by atoms with Crippen LogP contribution in [0.15, 0.2) is 18.2 Å². The number of nitrogens with two attached hydrogens (primary N) is 1. The second-order valence-corrected chi connectivity index (χ2v) is 4.38. The summed E-state index contributed by atoms with van der Waals surface area (Å²) in [6.07, 6.45) is 0.810. The summed E-state index contributed by atoms with van der Waals surface area (Å²) in [6, 6.07) is 4.82. The minimum absolute atomic E-state index is 0.217. The molecule has 0 fully saturated rings. The first-order chi connectivity index (χ1) is 9.47. The Morgan fingerprint density at radius 1 is 1.25 bits per heavy atom. The number of carbonyl (C=O) groups is 2. The molecule has 1 rings (SSSR count). The van der Waals surface area contributed by atoms with Gasteiger partial charge in [-0.2, -0.15) is 0 Å². The number of methoxy groups -OCH3 is 2. The summed E-state index contributed by atoms with van der Waals surface area (Å²) >= 11 is 0. The van der Waals surface area contributed by atoms with Crippen LogP contribution in [-0.2, 0) is 16.0 Å². The van der Waals surface area contributed by atoms with E-state index in [0.29, 0.717) is 17.9 Å². The van der Waals surface area contributed by atoms with Gasteiger partial charge in [-0.05, 0) is 31.0 Å². The number of aryl methyl sites for hydroxylation is 1. The predicted octanol–water partition coefficient (Wildman–Crippen LogP) is 0.626. The van der Waals surface area contributed by atoms with Gasteiger partial charge in [-0.15, -0.1) is 0 Å². The normalized spacial score (nSPS) is 11.6. The van der Waals surface area contributed by atoms with Gasteiger partial charge in [-0.3, -0.25) is 9.59 Å². The highest BCUT2D eigenvalue weighted by molar-refractivity contribution is 5.86. The zero-order valence-corrected chi connectivity index (χ0v) is 11.9. The Labute approximate surface area is 118 Å². The van der Waals surface area contributed by atoms with E-state index in [1.165, 1.54) is 0 Å². The van der Waals surface area contributed by atoms with E-state index in [-0.39, 0.29) is 12.3 Å². The molecule has 0 spiro atoms. The zero-order valence-electron chi connectivity index (χ0n) is 11.9. The first-order valence-corrected chi connectivity index (χ1v) is 6.27. The third-order valence-corrected chi connectivity index (χ3v) is 2.89. The van der Waals surface area contributed by atoms with Crippen LogP contribution < -0.4 is 20.5 Å². The molecule has 0 saturated heterocycles. The minimum atomic E-state index is -0.659. The number of carbonyl (C=O) groups excluding carboxylic acids is 2. The van der Waals surface area contributed by atoms with E-state index >= 15 is 0 Å². The van der Waals surface area contributed by atoms with E-state index in [1.807, 2.05) is 12.1 Å². The van der Waals surface area contributed by atoms with Gasteiger partial charge in [0.25, 0.3) is 0 Å². The predicted molar refractivity (Wildman–Crippen MR) is 74.7 cm³/mol. The number of rotatable bonds is 7. The summed E-state index contributed by atoms with van der Waals surface area (Å²) in [5, 5.41) is 2.53. The van der Waals surface area contributed by atoms with Crippen LogP contribution in [0.2, 0.25) is 0 Å². The molecule has 0 saturated carbocycles. The second kappa shape index (κ2) is 7.37. The molecule has 1 unspecified atom stereocenters. The first kappa shape index (κ1) is 15.8. The highest BCUT2D eigenvalue weighted by Gasteiger charge is 2.12. The minimum Gasteiger partial charge on any atom is -0.493 e. The molecular weight excluding hydrogens is 260 g/mol. The van der Waals surface area contributed by atoms with Gasteiger partial charge in [0.15, 0.2) is 11.5 Å². The monoisotopic (exact) mass is 280 g/mol. The Kier molecular flexibility index (Phi) is 5.83. The number of primary amides is 1. The fraction of sp³-hybridized carbons (Fsp3) is 0.429. The van der Waals surface area contributed by atoms with Crippen LogP contribution in [-0.4, -0.2) is 32.1 Å². The third kappa shape index (κ3) is 4.46. The molecule has 0 aliphatic heterocycles. The van der Waals surface area contributed by atoms with E-state index < -0.39 is 11.9 Å². The number of ether oxygens (including phenoxy) is 2. The quantitative estimate of drug-likeness (QED) is 0.766. The van der Waals surface area contributed by atoms with Crippen LogP contribution in [0.25, 0.3) is 0 Å². The molecule has 0 aromatic heterocycles. The van der Waals surface area contributed by atoms with Crippen molar-refractivity contribution < 1.29 is 19.1 Å². The van der Waals surface area contributed by atoms with Gasteiger partial charge in [0, 0.05) is 6.42 Å². The Morgan fingerprint density at radius 2 is 1.90 bits per heavy atom. The molecule has 1 atom stereocenters. The number of hydrogen-bond donors (Lipinski definition) is 2. The molecule has 20 heavy (non-hydrogen) atoms. The van der Waals surface area contributed by atoms with Crippen molar-refractivity contribution in [1.29, 1.82) is 0 Å².